The number of H-pyrrole nitrogens is 1. The minimum Gasteiger partial charge on any atom is -0.361 e. The second-order valence-electron chi connectivity index (χ2n) is 6.35. The van der Waals surface area contributed by atoms with E-state index in [1.165, 1.54) is 6.20 Å². The second-order valence-corrected chi connectivity index (χ2v) is 6.35. The van der Waals surface area contributed by atoms with Gasteiger partial charge >= 0.3 is 0 Å². The Labute approximate surface area is 158 Å². The molecule has 0 aliphatic carbocycles. The molecule has 0 aliphatic heterocycles. The zero-order chi connectivity index (χ0) is 19.1. The van der Waals surface area contributed by atoms with Crippen LogP contribution in [0.5, 0.6) is 0 Å². The van der Waals surface area contributed by atoms with E-state index in [9.17, 15) is 4.79 Å². The number of anilines is 1. The number of fused-ring (bicyclic) bond motifs is 3. The molecule has 2 N–H and O–H groups in total. The maximum absolute atomic E-state index is 13.1. The monoisotopic (exact) mass is 373 g/mol. The van der Waals surface area contributed by atoms with E-state index < -0.39 is 0 Å². The van der Waals surface area contributed by atoms with Gasteiger partial charge in [-0.1, -0.05) is 23.4 Å². The molecule has 0 aliphatic rings. The topological polar surface area (TPSA) is 115 Å². The Morgan fingerprint density at radius 3 is 2.82 bits per heavy atom. The molecule has 9 heteroatoms. The van der Waals surface area contributed by atoms with Crippen molar-refractivity contribution >= 4 is 27.9 Å². The van der Waals surface area contributed by atoms with Gasteiger partial charge in [-0.05, 0) is 19.1 Å². The summed E-state index contributed by atoms with van der Waals surface area (Å²) in [6, 6.07) is 11.2. The third-order valence-electron chi connectivity index (χ3n) is 4.44. The van der Waals surface area contributed by atoms with Gasteiger partial charge in [0.25, 0.3) is 5.56 Å². The summed E-state index contributed by atoms with van der Waals surface area (Å²) in [5, 5.41) is 15.2. The summed E-state index contributed by atoms with van der Waals surface area (Å²) in [7, 11) is 0. The Morgan fingerprint density at radius 1 is 1.18 bits per heavy atom. The molecule has 0 amide bonds. The van der Waals surface area contributed by atoms with Gasteiger partial charge in [0.2, 0.25) is 5.95 Å². The Bertz CT molecular complexity index is 1350. The molecule has 1 aromatic carbocycles. The predicted octanol–water partition coefficient (Wildman–Crippen LogP) is 2.57. The van der Waals surface area contributed by atoms with Gasteiger partial charge in [-0.15, -0.1) is 0 Å². The van der Waals surface area contributed by atoms with Crippen LogP contribution in [0, 0.1) is 6.92 Å². The van der Waals surface area contributed by atoms with Crippen LogP contribution in [0.1, 0.15) is 11.5 Å². The normalized spacial score (nSPS) is 11.3. The molecule has 0 radical (unpaired) electrons. The Balaban J connectivity index is 1.68. The first kappa shape index (κ1) is 16.2. The number of benzene rings is 1. The van der Waals surface area contributed by atoms with Crippen LogP contribution in [0.4, 0.5) is 5.95 Å². The standard InChI is InChI=1S/C19H15N7O2/c1-11-7-12(25-28-11)8-20-19-21-9-14-16-15(10-22-24-16)18(27)26(17(14)23-19)13-5-3-2-4-6-13/h2-7,9-10H,8H2,1H3,(H,22,24)(H,20,21,23). The average Bonchev–Trinajstić information content (AvgIpc) is 3.37. The quantitative estimate of drug-likeness (QED) is 0.497. The number of aromatic nitrogens is 6. The fourth-order valence-corrected chi connectivity index (χ4v) is 3.16. The van der Waals surface area contributed by atoms with E-state index in [1.807, 2.05) is 43.3 Å². The molecule has 5 aromatic rings. The molecule has 0 saturated heterocycles. The molecule has 0 unspecified atom stereocenters. The molecule has 0 spiro atoms. The van der Waals surface area contributed by atoms with Gasteiger partial charge < -0.3 is 9.84 Å². The van der Waals surface area contributed by atoms with E-state index in [2.05, 4.69) is 30.6 Å². The largest absolute Gasteiger partial charge is 0.361 e. The highest BCUT2D eigenvalue weighted by Gasteiger charge is 2.16. The van der Waals surface area contributed by atoms with Crippen LogP contribution in [0.2, 0.25) is 0 Å². The molecule has 9 nitrogen and oxygen atoms in total. The number of rotatable bonds is 4. The molecule has 4 heterocycles. The lowest BCUT2D eigenvalue weighted by Crippen LogP contribution is -2.20. The molecule has 28 heavy (non-hydrogen) atoms. The molecule has 4 aromatic heterocycles. The molecular weight excluding hydrogens is 358 g/mol. The summed E-state index contributed by atoms with van der Waals surface area (Å²) in [6.07, 6.45) is 3.20. The molecule has 5 rings (SSSR count). The van der Waals surface area contributed by atoms with Crippen molar-refractivity contribution in [2.75, 3.05) is 5.32 Å². The Hall–Kier alpha value is -4.01. The Morgan fingerprint density at radius 2 is 2.04 bits per heavy atom. The van der Waals surface area contributed by atoms with Crippen LogP contribution in [0.15, 0.2) is 58.1 Å². The summed E-state index contributed by atoms with van der Waals surface area (Å²) >= 11 is 0. The van der Waals surface area contributed by atoms with Gasteiger partial charge in [-0.2, -0.15) is 10.1 Å². The summed E-state index contributed by atoms with van der Waals surface area (Å²) in [6.45, 7) is 2.24. The van der Waals surface area contributed by atoms with Crippen LogP contribution in [-0.4, -0.2) is 29.9 Å². The van der Waals surface area contributed by atoms with Gasteiger partial charge in [0.1, 0.15) is 11.5 Å². The summed E-state index contributed by atoms with van der Waals surface area (Å²) in [5.41, 5.74) is 2.37. The van der Waals surface area contributed by atoms with E-state index in [1.54, 1.807) is 10.8 Å². The smallest absolute Gasteiger partial charge is 0.267 e. The molecule has 0 bridgehead atoms. The SMILES string of the molecule is Cc1cc(CNc2ncc3c4[nH]ncc4c(=O)n(-c4ccccc4)c3n2)no1. The number of aryl methyl sites for hydroxylation is 1. The zero-order valence-electron chi connectivity index (χ0n) is 14.9. The first-order chi connectivity index (χ1) is 13.7. The van der Waals surface area contributed by atoms with Gasteiger partial charge in [-0.3, -0.25) is 14.5 Å². The van der Waals surface area contributed by atoms with Crippen molar-refractivity contribution in [1.82, 2.24) is 29.9 Å². The van der Waals surface area contributed by atoms with Crippen molar-refractivity contribution in [2.45, 2.75) is 13.5 Å². The molecule has 0 fully saturated rings. The van der Waals surface area contributed by atoms with Crippen LogP contribution in [0.3, 0.4) is 0 Å². The first-order valence-electron chi connectivity index (χ1n) is 8.67. The minimum absolute atomic E-state index is 0.195. The predicted molar refractivity (Wildman–Crippen MR) is 103 cm³/mol. The van der Waals surface area contributed by atoms with Crippen molar-refractivity contribution in [3.05, 3.63) is 70.6 Å². The summed E-state index contributed by atoms with van der Waals surface area (Å²) < 4.78 is 6.64. The van der Waals surface area contributed by atoms with Crippen LogP contribution >= 0.6 is 0 Å². The number of nitrogens with zero attached hydrogens (tertiary/aromatic N) is 5. The maximum atomic E-state index is 13.1. The summed E-state index contributed by atoms with van der Waals surface area (Å²) in [5.74, 6) is 1.12. The molecule has 0 saturated carbocycles. The van der Waals surface area contributed by atoms with E-state index >= 15 is 0 Å². The summed E-state index contributed by atoms with van der Waals surface area (Å²) in [4.78, 5) is 22.1. The molecular formula is C19H15N7O2. The highest BCUT2D eigenvalue weighted by atomic mass is 16.5. The number of hydrogen-bond donors (Lipinski definition) is 2. The van der Waals surface area contributed by atoms with E-state index in [0.29, 0.717) is 34.4 Å². The van der Waals surface area contributed by atoms with Gasteiger partial charge in [0.15, 0.2) is 5.65 Å². The number of aromatic amines is 1. The fraction of sp³-hybridized carbons (Fsp3) is 0.105. The third-order valence-corrected chi connectivity index (χ3v) is 4.44. The van der Waals surface area contributed by atoms with E-state index in [4.69, 9.17) is 4.52 Å². The lowest BCUT2D eigenvalue weighted by atomic mass is 10.2. The zero-order valence-corrected chi connectivity index (χ0v) is 14.9. The molecule has 138 valence electrons. The number of hydrogen-bond acceptors (Lipinski definition) is 7. The van der Waals surface area contributed by atoms with E-state index in [-0.39, 0.29) is 5.56 Å². The highest BCUT2D eigenvalue weighted by molar-refractivity contribution is 6.02. The first-order valence-corrected chi connectivity index (χ1v) is 8.67. The average molecular weight is 373 g/mol. The number of para-hydroxylation sites is 1. The van der Waals surface area contributed by atoms with Crippen molar-refractivity contribution < 1.29 is 4.52 Å². The fourth-order valence-electron chi connectivity index (χ4n) is 3.16. The minimum atomic E-state index is -0.195. The van der Waals surface area contributed by atoms with Crippen molar-refractivity contribution in [3.8, 4) is 5.69 Å². The lowest BCUT2D eigenvalue weighted by molar-refractivity contribution is 0.391. The van der Waals surface area contributed by atoms with Crippen molar-refractivity contribution in [1.29, 1.82) is 0 Å². The van der Waals surface area contributed by atoms with Gasteiger partial charge in [-0.25, -0.2) is 4.98 Å². The second kappa shape index (κ2) is 6.31. The highest BCUT2D eigenvalue weighted by Crippen LogP contribution is 2.22. The third kappa shape index (κ3) is 2.60. The van der Waals surface area contributed by atoms with E-state index in [0.717, 1.165) is 17.1 Å². The van der Waals surface area contributed by atoms with Crippen LogP contribution in [0.25, 0.3) is 27.6 Å². The molecule has 0 atom stereocenters. The lowest BCUT2D eigenvalue weighted by Gasteiger charge is -2.11. The van der Waals surface area contributed by atoms with Gasteiger partial charge in [0.05, 0.1) is 34.7 Å². The number of pyridine rings is 1. The number of nitrogens with one attached hydrogen (secondary N) is 2. The van der Waals surface area contributed by atoms with Crippen LogP contribution < -0.4 is 10.9 Å². The van der Waals surface area contributed by atoms with Crippen molar-refractivity contribution in [2.24, 2.45) is 0 Å². The maximum Gasteiger partial charge on any atom is 0.267 e. The Kier molecular flexibility index (Phi) is 3.64. The van der Waals surface area contributed by atoms with Crippen LogP contribution in [-0.2, 0) is 6.54 Å². The van der Waals surface area contributed by atoms with Crippen molar-refractivity contribution in [3.63, 3.8) is 0 Å². The van der Waals surface area contributed by atoms with Gasteiger partial charge in [0, 0.05) is 12.3 Å².